The van der Waals surface area contributed by atoms with Gasteiger partial charge in [-0.3, -0.25) is 0 Å². The summed E-state index contributed by atoms with van der Waals surface area (Å²) in [5, 5.41) is 0. The number of carbonyl (C=O) groups is 1. The average molecular weight is 166 g/mol. The van der Waals surface area contributed by atoms with Crippen molar-refractivity contribution in [1.29, 1.82) is 0 Å². The second-order valence-corrected chi connectivity index (χ2v) is 2.43. The maximum absolute atomic E-state index is 11.0. The smallest absolute Gasteiger partial charge is 0.338 e. The van der Waals surface area contributed by atoms with Crippen molar-refractivity contribution in [3.63, 3.8) is 0 Å². The number of hydrogen-bond acceptors (Lipinski definition) is 2. The van der Waals surface area contributed by atoms with Crippen LogP contribution in [0.4, 0.5) is 0 Å². The third-order valence-corrected chi connectivity index (χ3v) is 1.39. The van der Waals surface area contributed by atoms with Crippen LogP contribution in [0.15, 0.2) is 36.6 Å². The largest absolute Gasteiger partial charge is 0.431 e. The minimum atomic E-state index is -0.376. The summed E-state index contributed by atoms with van der Waals surface area (Å²) in [5.74, 6) is -0.376. The molecule has 0 rings (SSSR count). The predicted octanol–water partition coefficient (Wildman–Crippen LogP) is 2.59. The molecule has 0 bridgehead atoms. The van der Waals surface area contributed by atoms with Gasteiger partial charge in [0, 0.05) is 5.57 Å². The summed E-state index contributed by atoms with van der Waals surface area (Å²) in [6, 6.07) is 0. The molecule has 0 aliphatic heterocycles. The number of ether oxygens (including phenoxy) is 1. The molecule has 0 N–H and O–H groups in total. The van der Waals surface area contributed by atoms with Crippen molar-refractivity contribution in [3.8, 4) is 0 Å². The summed E-state index contributed by atoms with van der Waals surface area (Å²) in [6.07, 6.45) is 3.60. The van der Waals surface area contributed by atoms with Crippen LogP contribution >= 0.6 is 0 Å². The van der Waals surface area contributed by atoms with Crippen LogP contribution in [0.5, 0.6) is 0 Å². The zero-order valence-electron chi connectivity index (χ0n) is 7.59. The summed E-state index contributed by atoms with van der Waals surface area (Å²) < 4.78 is 4.78. The van der Waals surface area contributed by atoms with E-state index in [1.807, 2.05) is 6.92 Å². The summed E-state index contributed by atoms with van der Waals surface area (Å²) in [6.45, 7) is 10.7. The lowest BCUT2D eigenvalue weighted by atomic mass is 10.2. The van der Waals surface area contributed by atoms with Gasteiger partial charge >= 0.3 is 5.97 Å². The van der Waals surface area contributed by atoms with Crippen molar-refractivity contribution in [2.24, 2.45) is 0 Å². The molecule has 0 heterocycles. The second-order valence-electron chi connectivity index (χ2n) is 2.43. The van der Waals surface area contributed by atoms with Crippen LogP contribution in [0.1, 0.15) is 20.3 Å². The molecule has 0 unspecified atom stereocenters. The van der Waals surface area contributed by atoms with Gasteiger partial charge in [-0.1, -0.05) is 26.2 Å². The molecule has 0 spiro atoms. The van der Waals surface area contributed by atoms with Gasteiger partial charge in [0.15, 0.2) is 0 Å². The van der Waals surface area contributed by atoms with E-state index >= 15 is 0 Å². The van der Waals surface area contributed by atoms with E-state index in [0.29, 0.717) is 12.0 Å². The van der Waals surface area contributed by atoms with Crippen LogP contribution in [-0.2, 0) is 9.53 Å². The highest BCUT2D eigenvalue weighted by Gasteiger charge is 2.03. The third-order valence-electron chi connectivity index (χ3n) is 1.39. The normalized spacial score (nSPS) is 10.7. The minimum Gasteiger partial charge on any atom is -0.431 e. The van der Waals surface area contributed by atoms with E-state index in [2.05, 4.69) is 13.2 Å². The Morgan fingerprint density at radius 2 is 2.17 bits per heavy atom. The topological polar surface area (TPSA) is 26.3 Å². The second kappa shape index (κ2) is 5.35. The van der Waals surface area contributed by atoms with E-state index < -0.39 is 0 Å². The Labute approximate surface area is 73.2 Å². The average Bonchev–Trinajstić information content (AvgIpc) is 2.11. The van der Waals surface area contributed by atoms with Gasteiger partial charge in [0.1, 0.15) is 0 Å². The first kappa shape index (κ1) is 10.7. The van der Waals surface area contributed by atoms with Gasteiger partial charge in [0.2, 0.25) is 0 Å². The molecule has 66 valence electrons. The first-order valence-electron chi connectivity index (χ1n) is 3.79. The fourth-order valence-electron chi connectivity index (χ4n) is 0.422. The molecule has 0 radical (unpaired) electrons. The quantitative estimate of drug-likeness (QED) is 0.278. The first-order valence-corrected chi connectivity index (χ1v) is 3.79. The van der Waals surface area contributed by atoms with E-state index in [9.17, 15) is 4.79 Å². The van der Waals surface area contributed by atoms with Crippen molar-refractivity contribution in [1.82, 2.24) is 0 Å². The number of rotatable bonds is 4. The van der Waals surface area contributed by atoms with Gasteiger partial charge in [0.25, 0.3) is 0 Å². The number of allylic oxidation sites excluding steroid dienone is 2. The molecule has 12 heavy (non-hydrogen) atoms. The summed E-state index contributed by atoms with van der Waals surface area (Å²) in [5.41, 5.74) is 1.29. The Hall–Kier alpha value is -1.31. The predicted molar refractivity (Wildman–Crippen MR) is 49.5 cm³/mol. The van der Waals surface area contributed by atoms with Crippen molar-refractivity contribution in [2.45, 2.75) is 20.3 Å². The number of esters is 1. The monoisotopic (exact) mass is 166 g/mol. The van der Waals surface area contributed by atoms with E-state index in [0.717, 1.165) is 5.57 Å². The Balaban J connectivity index is 4.03. The maximum Gasteiger partial charge on any atom is 0.338 e. The molecule has 0 saturated carbocycles. The van der Waals surface area contributed by atoms with Crippen molar-refractivity contribution in [2.75, 3.05) is 0 Å². The molecule has 0 amide bonds. The molecule has 0 aliphatic rings. The standard InChI is InChI=1S/C10H14O2/c1-5-8(3)7-12-10(11)9(4)6-2/h5,7H,1,4,6H2,2-3H3/b8-7+. The molecule has 0 aliphatic carbocycles. The highest BCUT2D eigenvalue weighted by atomic mass is 16.5. The lowest BCUT2D eigenvalue weighted by Gasteiger charge is -1.99. The van der Waals surface area contributed by atoms with Gasteiger partial charge in [-0.25, -0.2) is 4.79 Å². The van der Waals surface area contributed by atoms with Crippen LogP contribution in [0.3, 0.4) is 0 Å². The van der Waals surface area contributed by atoms with Crippen LogP contribution in [-0.4, -0.2) is 5.97 Å². The van der Waals surface area contributed by atoms with Gasteiger partial charge in [-0.2, -0.15) is 0 Å². The number of carbonyl (C=O) groups excluding carboxylic acids is 1. The zero-order chi connectivity index (χ0) is 9.56. The molecule has 2 nitrogen and oxygen atoms in total. The fraction of sp³-hybridized carbons (Fsp3) is 0.300. The molecule has 2 heteroatoms. The van der Waals surface area contributed by atoms with E-state index in [-0.39, 0.29) is 5.97 Å². The summed E-state index contributed by atoms with van der Waals surface area (Å²) in [4.78, 5) is 11.0. The van der Waals surface area contributed by atoms with Gasteiger partial charge < -0.3 is 4.74 Å². The molecule has 0 aromatic rings. The van der Waals surface area contributed by atoms with Gasteiger partial charge in [-0.15, -0.1) is 0 Å². The maximum atomic E-state index is 11.0. The van der Waals surface area contributed by atoms with Crippen molar-refractivity contribution in [3.05, 3.63) is 36.6 Å². The Morgan fingerprint density at radius 3 is 2.58 bits per heavy atom. The summed E-state index contributed by atoms with van der Waals surface area (Å²) >= 11 is 0. The Bertz CT molecular complexity index is 224. The van der Waals surface area contributed by atoms with Crippen molar-refractivity contribution < 1.29 is 9.53 Å². The van der Waals surface area contributed by atoms with Gasteiger partial charge in [0.05, 0.1) is 6.26 Å². The molecule has 0 aromatic carbocycles. The molecular weight excluding hydrogens is 152 g/mol. The molecule has 0 fully saturated rings. The Kier molecular flexibility index (Phi) is 4.77. The van der Waals surface area contributed by atoms with E-state index in [4.69, 9.17) is 4.74 Å². The fourth-order valence-corrected chi connectivity index (χ4v) is 0.422. The highest BCUT2D eigenvalue weighted by Crippen LogP contribution is 2.01. The molecule has 0 saturated heterocycles. The van der Waals surface area contributed by atoms with Crippen LogP contribution in [0, 0.1) is 0 Å². The van der Waals surface area contributed by atoms with Crippen molar-refractivity contribution >= 4 is 5.97 Å². The van der Waals surface area contributed by atoms with Gasteiger partial charge in [-0.05, 0) is 18.9 Å². The van der Waals surface area contributed by atoms with E-state index in [1.54, 1.807) is 13.0 Å². The van der Waals surface area contributed by atoms with Crippen LogP contribution in [0.25, 0.3) is 0 Å². The first-order chi connectivity index (χ1) is 5.61. The third kappa shape index (κ3) is 3.76. The molecular formula is C10H14O2. The number of hydrogen-bond donors (Lipinski definition) is 0. The summed E-state index contributed by atoms with van der Waals surface area (Å²) in [7, 11) is 0. The highest BCUT2D eigenvalue weighted by molar-refractivity contribution is 5.88. The lowest BCUT2D eigenvalue weighted by Crippen LogP contribution is -2.01. The SMILES string of the molecule is C=C/C(C)=C/OC(=O)C(=C)CC. The Morgan fingerprint density at radius 1 is 1.58 bits per heavy atom. The van der Waals surface area contributed by atoms with Crippen LogP contribution < -0.4 is 0 Å². The zero-order valence-corrected chi connectivity index (χ0v) is 7.59. The lowest BCUT2D eigenvalue weighted by molar-refractivity contribution is -0.133. The molecule has 0 atom stereocenters. The minimum absolute atomic E-state index is 0.376. The van der Waals surface area contributed by atoms with E-state index in [1.165, 1.54) is 6.26 Å². The molecule has 0 aromatic heterocycles. The van der Waals surface area contributed by atoms with Crippen LogP contribution in [0.2, 0.25) is 0 Å².